The van der Waals surface area contributed by atoms with Crippen LogP contribution in [-0.2, 0) is 9.53 Å². The summed E-state index contributed by atoms with van der Waals surface area (Å²) in [7, 11) is 1.32. The van der Waals surface area contributed by atoms with E-state index in [1.54, 1.807) is 6.07 Å². The molecule has 150 valence electrons. The molecule has 0 spiro atoms. The zero-order chi connectivity index (χ0) is 21.0. The molecule has 5 nitrogen and oxygen atoms in total. The molecule has 8 heteroatoms. The predicted octanol–water partition coefficient (Wildman–Crippen LogP) is 6.05. The highest BCUT2D eigenvalue weighted by atomic mass is 79.9. The highest BCUT2D eigenvalue weighted by molar-refractivity contribution is 9.10. The van der Waals surface area contributed by atoms with Crippen LogP contribution in [-0.4, -0.2) is 25.6 Å². The van der Waals surface area contributed by atoms with Crippen LogP contribution in [0.1, 0.15) is 15.2 Å². The fourth-order valence-corrected chi connectivity index (χ4v) is 4.51. The molecular weight excluding hydrogens is 522 g/mol. The van der Waals surface area contributed by atoms with Crippen molar-refractivity contribution < 1.29 is 19.1 Å². The molecular formula is C21H17Br2NO4S. The Morgan fingerprint density at radius 1 is 1.07 bits per heavy atom. The molecule has 0 aliphatic carbocycles. The van der Waals surface area contributed by atoms with E-state index in [1.807, 2.05) is 49.4 Å². The van der Waals surface area contributed by atoms with Crippen molar-refractivity contribution in [3.05, 3.63) is 67.9 Å². The summed E-state index contributed by atoms with van der Waals surface area (Å²) in [6.45, 7) is 1.72. The van der Waals surface area contributed by atoms with Gasteiger partial charge >= 0.3 is 5.97 Å². The Kier molecular flexibility index (Phi) is 7.10. The van der Waals surface area contributed by atoms with Crippen LogP contribution in [0.4, 0.5) is 5.00 Å². The number of rotatable bonds is 6. The number of ether oxygens (including phenoxy) is 2. The number of carbonyl (C=O) groups is 2. The average Bonchev–Trinajstić information content (AvgIpc) is 3.03. The molecule has 1 amide bonds. The van der Waals surface area contributed by atoms with Gasteiger partial charge < -0.3 is 14.8 Å². The number of para-hydroxylation sites is 1. The number of anilines is 1. The summed E-state index contributed by atoms with van der Waals surface area (Å²) in [5.41, 5.74) is 1.95. The predicted molar refractivity (Wildman–Crippen MR) is 122 cm³/mol. The molecule has 3 aromatic rings. The van der Waals surface area contributed by atoms with Gasteiger partial charge in [-0.2, -0.15) is 0 Å². The Balaban J connectivity index is 1.86. The number of carbonyl (C=O) groups excluding carboxylic acids is 2. The van der Waals surface area contributed by atoms with Crippen LogP contribution < -0.4 is 10.1 Å². The molecule has 1 heterocycles. The van der Waals surface area contributed by atoms with Gasteiger partial charge in [-0.25, -0.2) is 4.79 Å². The quantitative estimate of drug-likeness (QED) is 0.388. The van der Waals surface area contributed by atoms with E-state index in [2.05, 4.69) is 37.2 Å². The molecule has 0 atom stereocenters. The van der Waals surface area contributed by atoms with Crippen LogP contribution in [0.3, 0.4) is 0 Å². The monoisotopic (exact) mass is 537 g/mol. The standard InChI is InChI=1S/C21H17Br2NO4S/c1-12-18(13-7-9-14(22)10-8-13)19(21(26)27-2)20(29-12)24-17(25)11-28-16-6-4-3-5-15(16)23/h3-10H,11H2,1-2H3,(H,24,25). The van der Waals surface area contributed by atoms with Crippen LogP contribution in [0.2, 0.25) is 0 Å². The van der Waals surface area contributed by atoms with E-state index in [9.17, 15) is 9.59 Å². The fraction of sp³-hybridized carbons (Fsp3) is 0.143. The lowest BCUT2D eigenvalue weighted by atomic mass is 10.0. The van der Waals surface area contributed by atoms with Crippen LogP contribution in [0, 0.1) is 6.92 Å². The first-order chi connectivity index (χ1) is 13.9. The number of esters is 1. The van der Waals surface area contributed by atoms with E-state index in [1.165, 1.54) is 18.4 Å². The van der Waals surface area contributed by atoms with Gasteiger partial charge in [0.1, 0.15) is 16.3 Å². The van der Waals surface area contributed by atoms with Gasteiger partial charge in [0.05, 0.1) is 11.6 Å². The zero-order valence-electron chi connectivity index (χ0n) is 15.6. The molecule has 0 unspecified atom stereocenters. The fourth-order valence-electron chi connectivity index (χ4n) is 2.76. The van der Waals surface area contributed by atoms with Gasteiger partial charge in [0.2, 0.25) is 0 Å². The topological polar surface area (TPSA) is 64.6 Å². The van der Waals surface area contributed by atoms with Crippen molar-refractivity contribution in [2.24, 2.45) is 0 Å². The summed E-state index contributed by atoms with van der Waals surface area (Å²) < 4.78 is 12.2. The van der Waals surface area contributed by atoms with E-state index < -0.39 is 5.97 Å². The van der Waals surface area contributed by atoms with Gasteiger partial charge in [0.25, 0.3) is 5.91 Å². The van der Waals surface area contributed by atoms with Gasteiger partial charge in [-0.05, 0) is 52.7 Å². The van der Waals surface area contributed by atoms with Crippen molar-refractivity contribution in [3.8, 4) is 16.9 Å². The van der Waals surface area contributed by atoms with E-state index in [4.69, 9.17) is 9.47 Å². The summed E-state index contributed by atoms with van der Waals surface area (Å²) in [5, 5.41) is 3.22. The van der Waals surface area contributed by atoms with E-state index >= 15 is 0 Å². The normalized spacial score (nSPS) is 10.5. The molecule has 1 N–H and O–H groups in total. The second kappa shape index (κ2) is 9.56. The van der Waals surface area contributed by atoms with Crippen molar-refractivity contribution >= 4 is 60.1 Å². The maximum atomic E-state index is 12.5. The number of methoxy groups -OCH3 is 1. The number of halogens is 2. The van der Waals surface area contributed by atoms with Crippen molar-refractivity contribution in [1.82, 2.24) is 0 Å². The summed E-state index contributed by atoms with van der Waals surface area (Å²) in [5.74, 6) is -0.308. The average molecular weight is 539 g/mol. The number of hydrogen-bond acceptors (Lipinski definition) is 5. The molecule has 0 bridgehead atoms. The summed E-state index contributed by atoms with van der Waals surface area (Å²) >= 11 is 8.12. The lowest BCUT2D eigenvalue weighted by Gasteiger charge is -2.10. The van der Waals surface area contributed by atoms with E-state index in [0.29, 0.717) is 16.3 Å². The third-order valence-electron chi connectivity index (χ3n) is 4.06. The molecule has 0 radical (unpaired) electrons. The molecule has 0 aliphatic heterocycles. The molecule has 0 fully saturated rings. The van der Waals surface area contributed by atoms with Crippen LogP contribution >= 0.6 is 43.2 Å². The molecule has 0 saturated heterocycles. The van der Waals surface area contributed by atoms with Gasteiger partial charge in [-0.15, -0.1) is 11.3 Å². The van der Waals surface area contributed by atoms with Crippen LogP contribution in [0.15, 0.2) is 57.5 Å². The van der Waals surface area contributed by atoms with Crippen molar-refractivity contribution in [3.63, 3.8) is 0 Å². The first-order valence-corrected chi connectivity index (χ1v) is 11.0. The Bertz CT molecular complexity index is 1050. The van der Waals surface area contributed by atoms with Crippen molar-refractivity contribution in [1.29, 1.82) is 0 Å². The highest BCUT2D eigenvalue weighted by Gasteiger charge is 2.25. The van der Waals surface area contributed by atoms with E-state index in [-0.39, 0.29) is 12.5 Å². The zero-order valence-corrected chi connectivity index (χ0v) is 19.6. The van der Waals surface area contributed by atoms with E-state index in [0.717, 1.165) is 24.9 Å². The number of hydrogen-bond donors (Lipinski definition) is 1. The van der Waals surface area contributed by atoms with Crippen molar-refractivity contribution in [2.45, 2.75) is 6.92 Å². The van der Waals surface area contributed by atoms with Crippen LogP contribution in [0.5, 0.6) is 5.75 Å². The number of aryl methyl sites for hydroxylation is 1. The summed E-state index contributed by atoms with van der Waals surface area (Å²) in [6, 6.07) is 14.9. The maximum Gasteiger partial charge on any atom is 0.341 e. The molecule has 1 aromatic heterocycles. The lowest BCUT2D eigenvalue weighted by Crippen LogP contribution is -2.21. The third kappa shape index (κ3) is 5.07. The second-order valence-corrected chi connectivity index (χ2v) is 9.00. The maximum absolute atomic E-state index is 12.5. The Morgan fingerprint density at radius 3 is 2.41 bits per heavy atom. The van der Waals surface area contributed by atoms with Gasteiger partial charge in [-0.1, -0.05) is 40.2 Å². The first-order valence-electron chi connectivity index (χ1n) is 8.55. The number of benzene rings is 2. The van der Waals surface area contributed by atoms with Crippen molar-refractivity contribution in [2.75, 3.05) is 19.0 Å². The Hall–Kier alpha value is -2.16. The first kappa shape index (κ1) is 21.5. The molecule has 0 aliphatic rings. The highest BCUT2D eigenvalue weighted by Crippen LogP contribution is 2.40. The second-order valence-electron chi connectivity index (χ2n) is 6.00. The largest absolute Gasteiger partial charge is 0.483 e. The molecule has 3 rings (SSSR count). The Labute approximate surface area is 189 Å². The minimum Gasteiger partial charge on any atom is -0.483 e. The minimum atomic E-state index is -0.505. The number of nitrogens with one attached hydrogen (secondary N) is 1. The molecule has 29 heavy (non-hydrogen) atoms. The third-order valence-corrected chi connectivity index (χ3v) is 6.26. The smallest absolute Gasteiger partial charge is 0.341 e. The van der Waals surface area contributed by atoms with Gasteiger partial charge in [0, 0.05) is 14.9 Å². The van der Waals surface area contributed by atoms with Gasteiger partial charge in [-0.3, -0.25) is 4.79 Å². The summed E-state index contributed by atoms with van der Waals surface area (Å²) in [6.07, 6.45) is 0. The summed E-state index contributed by atoms with van der Waals surface area (Å²) in [4.78, 5) is 25.9. The number of thiophene rings is 1. The Morgan fingerprint density at radius 2 is 1.76 bits per heavy atom. The minimum absolute atomic E-state index is 0.187. The molecule has 0 saturated carbocycles. The number of amides is 1. The lowest BCUT2D eigenvalue weighted by molar-refractivity contribution is -0.118. The van der Waals surface area contributed by atoms with Gasteiger partial charge in [0.15, 0.2) is 6.61 Å². The van der Waals surface area contributed by atoms with Crippen LogP contribution in [0.25, 0.3) is 11.1 Å². The SMILES string of the molecule is COC(=O)c1c(NC(=O)COc2ccccc2Br)sc(C)c1-c1ccc(Br)cc1. The molecule has 2 aromatic carbocycles.